The zero-order valence-corrected chi connectivity index (χ0v) is 11.2. The van der Waals surface area contributed by atoms with Crippen molar-refractivity contribution < 1.29 is 14.6 Å². The van der Waals surface area contributed by atoms with Gasteiger partial charge in [0.25, 0.3) is 0 Å². The highest BCUT2D eigenvalue weighted by atomic mass is 16.5. The van der Waals surface area contributed by atoms with Crippen molar-refractivity contribution in [2.24, 2.45) is 0 Å². The molecule has 0 radical (unpaired) electrons. The van der Waals surface area contributed by atoms with Gasteiger partial charge in [0.15, 0.2) is 0 Å². The van der Waals surface area contributed by atoms with Crippen molar-refractivity contribution in [2.45, 2.75) is 13.0 Å². The molecule has 1 aliphatic heterocycles. The van der Waals surface area contributed by atoms with Crippen LogP contribution in [0.2, 0.25) is 0 Å². The topological polar surface area (TPSA) is 73.6 Å². The first-order chi connectivity index (χ1) is 9.60. The molecule has 0 amide bonds. The molecule has 1 aliphatic rings. The van der Waals surface area contributed by atoms with Crippen LogP contribution in [-0.4, -0.2) is 36.9 Å². The first-order valence-corrected chi connectivity index (χ1v) is 6.42. The number of hydrogen-bond donors (Lipinski definition) is 1. The zero-order valence-electron chi connectivity index (χ0n) is 11.2. The number of nitriles is 1. The number of carboxylic acid groups (broad SMARTS) is 1. The average molecular weight is 272 g/mol. The molecule has 1 aromatic carbocycles. The molecule has 5 nitrogen and oxygen atoms in total. The normalized spacial score (nSPS) is 19.0. The van der Waals surface area contributed by atoms with Crippen molar-refractivity contribution in [3.63, 3.8) is 0 Å². The Balaban J connectivity index is 2.26. The number of hydrogen-bond acceptors (Lipinski definition) is 4. The molecule has 104 valence electrons. The van der Waals surface area contributed by atoms with Gasteiger partial charge in [-0.05, 0) is 30.7 Å². The predicted molar refractivity (Wildman–Crippen MR) is 75.5 cm³/mol. The Bertz CT molecular complexity index is 575. The van der Waals surface area contributed by atoms with Crippen LogP contribution in [0.15, 0.2) is 24.3 Å². The molecule has 1 fully saturated rings. The van der Waals surface area contributed by atoms with Gasteiger partial charge in [-0.15, -0.1) is 0 Å². The van der Waals surface area contributed by atoms with Gasteiger partial charge in [0.05, 0.1) is 24.0 Å². The number of anilines is 1. The molecular formula is C15H16N2O3. The minimum absolute atomic E-state index is 0.141. The van der Waals surface area contributed by atoms with Crippen LogP contribution in [0.1, 0.15) is 18.1 Å². The third kappa shape index (κ3) is 3.37. The summed E-state index contributed by atoms with van der Waals surface area (Å²) < 4.78 is 5.49. The van der Waals surface area contributed by atoms with E-state index in [9.17, 15) is 10.1 Å². The second-order valence-corrected chi connectivity index (χ2v) is 4.69. The van der Waals surface area contributed by atoms with Crippen LogP contribution in [0.25, 0.3) is 6.08 Å². The Morgan fingerprint density at radius 3 is 3.05 bits per heavy atom. The summed E-state index contributed by atoms with van der Waals surface area (Å²) in [4.78, 5) is 12.6. The van der Waals surface area contributed by atoms with Gasteiger partial charge in [-0.3, -0.25) is 0 Å². The number of carbonyl (C=O) groups is 1. The summed E-state index contributed by atoms with van der Waals surface area (Å²) in [5.74, 6) is -1.01. The van der Waals surface area contributed by atoms with E-state index in [1.54, 1.807) is 6.07 Å². The lowest BCUT2D eigenvalue weighted by molar-refractivity contribution is -0.131. The van der Waals surface area contributed by atoms with Crippen LogP contribution in [0.4, 0.5) is 5.69 Å². The molecule has 0 saturated carbocycles. The Labute approximate surface area is 117 Å². The molecular weight excluding hydrogens is 256 g/mol. The minimum atomic E-state index is -1.01. The van der Waals surface area contributed by atoms with Gasteiger partial charge < -0.3 is 14.7 Å². The van der Waals surface area contributed by atoms with Crippen LogP contribution < -0.4 is 4.90 Å². The maximum Gasteiger partial charge on any atom is 0.328 e. The van der Waals surface area contributed by atoms with E-state index in [1.165, 1.54) is 6.08 Å². The highest BCUT2D eigenvalue weighted by Crippen LogP contribution is 2.24. The van der Waals surface area contributed by atoms with E-state index >= 15 is 0 Å². The van der Waals surface area contributed by atoms with E-state index in [4.69, 9.17) is 9.84 Å². The minimum Gasteiger partial charge on any atom is -0.478 e. The maximum atomic E-state index is 10.5. The first kappa shape index (κ1) is 14.1. The third-order valence-corrected chi connectivity index (χ3v) is 3.14. The van der Waals surface area contributed by atoms with Crippen LogP contribution in [0, 0.1) is 11.3 Å². The fraction of sp³-hybridized carbons (Fsp3) is 0.333. The van der Waals surface area contributed by atoms with Crippen molar-refractivity contribution >= 4 is 17.7 Å². The lowest BCUT2D eigenvalue weighted by Gasteiger charge is -2.33. The highest BCUT2D eigenvalue weighted by Gasteiger charge is 2.19. The van der Waals surface area contributed by atoms with Gasteiger partial charge in [0, 0.05) is 19.2 Å². The van der Waals surface area contributed by atoms with Gasteiger partial charge in [0.2, 0.25) is 0 Å². The maximum absolute atomic E-state index is 10.5. The number of benzene rings is 1. The van der Waals surface area contributed by atoms with Crippen molar-refractivity contribution in [3.8, 4) is 6.07 Å². The van der Waals surface area contributed by atoms with Gasteiger partial charge in [-0.25, -0.2) is 4.79 Å². The van der Waals surface area contributed by atoms with Gasteiger partial charge in [-0.1, -0.05) is 6.07 Å². The summed E-state index contributed by atoms with van der Waals surface area (Å²) in [6, 6.07) is 7.55. The Kier molecular flexibility index (Phi) is 4.38. The van der Waals surface area contributed by atoms with E-state index in [-0.39, 0.29) is 6.10 Å². The van der Waals surface area contributed by atoms with Crippen LogP contribution >= 0.6 is 0 Å². The van der Waals surface area contributed by atoms with Crippen LogP contribution in [0.3, 0.4) is 0 Å². The SMILES string of the molecule is CC1CN(c2ccc(/C=C/C(=O)O)cc2C#N)CCO1. The van der Waals surface area contributed by atoms with E-state index < -0.39 is 5.97 Å². The molecule has 0 aromatic heterocycles. The smallest absolute Gasteiger partial charge is 0.328 e. The monoisotopic (exact) mass is 272 g/mol. The molecule has 5 heteroatoms. The lowest BCUT2D eigenvalue weighted by atomic mass is 10.1. The van der Waals surface area contributed by atoms with Crippen LogP contribution in [-0.2, 0) is 9.53 Å². The molecule has 0 spiro atoms. The van der Waals surface area contributed by atoms with Gasteiger partial charge in [0.1, 0.15) is 6.07 Å². The van der Waals surface area contributed by atoms with Crippen molar-refractivity contribution in [2.75, 3.05) is 24.6 Å². The molecule has 1 aromatic rings. The summed E-state index contributed by atoms with van der Waals surface area (Å²) in [5, 5.41) is 17.9. The quantitative estimate of drug-likeness (QED) is 0.850. The summed E-state index contributed by atoms with van der Waals surface area (Å²) >= 11 is 0. The summed E-state index contributed by atoms with van der Waals surface area (Å²) in [5.41, 5.74) is 2.12. The van der Waals surface area contributed by atoms with Crippen molar-refractivity contribution in [3.05, 3.63) is 35.4 Å². The fourth-order valence-electron chi connectivity index (χ4n) is 2.23. The second-order valence-electron chi connectivity index (χ2n) is 4.69. The van der Waals surface area contributed by atoms with E-state index in [0.717, 1.165) is 24.9 Å². The largest absolute Gasteiger partial charge is 0.478 e. The third-order valence-electron chi connectivity index (χ3n) is 3.14. The Hall–Kier alpha value is -2.32. The number of aliphatic carboxylic acids is 1. The Morgan fingerprint density at radius 2 is 2.40 bits per heavy atom. The standard InChI is InChI=1S/C15H16N2O3/c1-11-10-17(6-7-20-11)14-4-2-12(3-5-15(18)19)8-13(14)9-16/h2-5,8,11H,6-7,10H2,1H3,(H,18,19)/b5-3+. The van der Waals surface area contributed by atoms with E-state index in [2.05, 4.69) is 11.0 Å². The molecule has 2 rings (SSSR count). The lowest BCUT2D eigenvalue weighted by Crippen LogP contribution is -2.41. The fourth-order valence-corrected chi connectivity index (χ4v) is 2.23. The molecule has 20 heavy (non-hydrogen) atoms. The van der Waals surface area contributed by atoms with Gasteiger partial charge in [-0.2, -0.15) is 5.26 Å². The molecule has 1 N–H and O–H groups in total. The van der Waals surface area contributed by atoms with Crippen molar-refractivity contribution in [1.82, 2.24) is 0 Å². The average Bonchev–Trinajstić information content (AvgIpc) is 2.44. The number of nitrogens with zero attached hydrogens (tertiary/aromatic N) is 2. The second kappa shape index (κ2) is 6.22. The molecule has 0 aliphatic carbocycles. The van der Waals surface area contributed by atoms with E-state index in [0.29, 0.717) is 17.7 Å². The highest BCUT2D eigenvalue weighted by molar-refractivity contribution is 5.85. The van der Waals surface area contributed by atoms with E-state index in [1.807, 2.05) is 19.1 Å². The molecule has 1 heterocycles. The number of rotatable bonds is 3. The Morgan fingerprint density at radius 1 is 1.60 bits per heavy atom. The first-order valence-electron chi connectivity index (χ1n) is 6.42. The summed E-state index contributed by atoms with van der Waals surface area (Å²) in [7, 11) is 0. The number of carboxylic acids is 1. The molecule has 0 bridgehead atoms. The number of ether oxygens (including phenoxy) is 1. The summed E-state index contributed by atoms with van der Waals surface area (Å²) in [6.45, 7) is 4.15. The molecule has 1 saturated heterocycles. The van der Waals surface area contributed by atoms with Gasteiger partial charge >= 0.3 is 5.97 Å². The van der Waals surface area contributed by atoms with Crippen LogP contribution in [0.5, 0.6) is 0 Å². The van der Waals surface area contributed by atoms with Crippen molar-refractivity contribution in [1.29, 1.82) is 5.26 Å². The predicted octanol–water partition coefficient (Wildman–Crippen LogP) is 1.88. The number of morpholine rings is 1. The molecule has 1 atom stereocenters. The zero-order chi connectivity index (χ0) is 14.5. The summed E-state index contributed by atoms with van der Waals surface area (Å²) in [6.07, 6.45) is 2.68. The molecule has 1 unspecified atom stereocenters.